The number of pyridine rings is 1. The molecule has 0 saturated carbocycles. The fraction of sp³-hybridized carbons (Fsp3) is 0.200. The van der Waals surface area contributed by atoms with Crippen LogP contribution < -0.4 is 4.74 Å². The van der Waals surface area contributed by atoms with Crippen LogP contribution in [0.2, 0.25) is 0 Å². The molecular weight excluding hydrogens is 421 g/mol. The molecule has 0 saturated heterocycles. The molecule has 0 bridgehead atoms. The summed E-state index contributed by atoms with van der Waals surface area (Å²) in [6.45, 7) is 4.45. The maximum absolute atomic E-state index is 14.0. The second-order valence-corrected chi connectivity index (χ2v) is 7.67. The van der Waals surface area contributed by atoms with E-state index in [4.69, 9.17) is 10.00 Å². The molecule has 0 fully saturated rings. The number of nitriles is 1. The first-order valence-electron chi connectivity index (χ1n) is 10.4. The predicted molar refractivity (Wildman–Crippen MR) is 122 cm³/mol. The zero-order valence-electron chi connectivity index (χ0n) is 18.5. The highest BCUT2D eigenvalue weighted by molar-refractivity contribution is 5.96. The first kappa shape index (κ1) is 22.0. The highest BCUT2D eigenvalue weighted by atomic mass is 19.1. The van der Waals surface area contributed by atoms with Crippen molar-refractivity contribution < 1.29 is 13.9 Å². The second-order valence-electron chi connectivity index (χ2n) is 7.67. The van der Waals surface area contributed by atoms with Crippen LogP contribution in [0, 0.1) is 24.1 Å². The van der Waals surface area contributed by atoms with Gasteiger partial charge in [0.1, 0.15) is 11.6 Å². The van der Waals surface area contributed by atoms with Gasteiger partial charge in [0.25, 0.3) is 5.91 Å². The van der Waals surface area contributed by atoms with Crippen molar-refractivity contribution in [1.29, 1.82) is 5.26 Å². The number of hydrogen-bond acceptors (Lipinski definition) is 5. The quantitative estimate of drug-likeness (QED) is 0.469. The Morgan fingerprint density at radius 1 is 1.24 bits per heavy atom. The molecule has 0 spiro atoms. The van der Waals surface area contributed by atoms with Crippen LogP contribution in [0.5, 0.6) is 5.75 Å². The van der Waals surface area contributed by atoms with Gasteiger partial charge in [-0.05, 0) is 55.8 Å². The summed E-state index contributed by atoms with van der Waals surface area (Å²) in [5.41, 5.74) is 4.34. The molecule has 33 heavy (non-hydrogen) atoms. The molecule has 0 aliphatic rings. The first-order valence-corrected chi connectivity index (χ1v) is 10.4. The van der Waals surface area contributed by atoms with Gasteiger partial charge in [0.15, 0.2) is 0 Å². The normalized spacial score (nSPS) is 10.8. The van der Waals surface area contributed by atoms with Gasteiger partial charge >= 0.3 is 0 Å². The second kappa shape index (κ2) is 9.09. The van der Waals surface area contributed by atoms with E-state index < -0.39 is 5.82 Å². The van der Waals surface area contributed by atoms with Crippen molar-refractivity contribution in [3.8, 4) is 22.9 Å². The van der Waals surface area contributed by atoms with Crippen molar-refractivity contribution >= 4 is 16.8 Å². The molecule has 7 nitrogen and oxygen atoms in total. The lowest BCUT2D eigenvalue weighted by atomic mass is 10.00. The Morgan fingerprint density at radius 3 is 2.82 bits per heavy atom. The van der Waals surface area contributed by atoms with E-state index in [9.17, 15) is 9.18 Å². The minimum Gasteiger partial charge on any atom is -0.493 e. The molecule has 0 atom stereocenters. The molecule has 0 unspecified atom stereocenters. The number of carbonyl (C=O) groups is 1. The number of halogens is 1. The van der Waals surface area contributed by atoms with Crippen LogP contribution in [-0.4, -0.2) is 39.6 Å². The molecule has 1 amide bonds. The van der Waals surface area contributed by atoms with E-state index in [1.54, 1.807) is 48.6 Å². The lowest BCUT2D eigenvalue weighted by molar-refractivity contribution is 0.0785. The smallest absolute Gasteiger partial charge is 0.254 e. The van der Waals surface area contributed by atoms with Crippen LogP contribution in [0.25, 0.3) is 22.0 Å². The zero-order chi connectivity index (χ0) is 23.5. The van der Waals surface area contributed by atoms with E-state index in [2.05, 4.69) is 15.2 Å². The average molecular weight is 443 g/mol. The lowest BCUT2D eigenvalue weighted by Gasteiger charge is -2.19. The number of aromatic nitrogens is 3. The minimum atomic E-state index is -0.511. The molecule has 2 aromatic heterocycles. The highest BCUT2D eigenvalue weighted by Crippen LogP contribution is 2.33. The average Bonchev–Trinajstić information content (AvgIpc) is 3.31. The van der Waals surface area contributed by atoms with Crippen LogP contribution in [-0.2, 0) is 6.54 Å². The first-order chi connectivity index (χ1) is 15.9. The van der Waals surface area contributed by atoms with E-state index >= 15 is 0 Å². The fourth-order valence-electron chi connectivity index (χ4n) is 3.76. The van der Waals surface area contributed by atoms with Gasteiger partial charge in [-0.25, -0.2) is 4.39 Å². The number of fused-ring (bicyclic) bond motifs is 1. The topological polar surface area (TPSA) is 94.9 Å². The van der Waals surface area contributed by atoms with Crippen LogP contribution >= 0.6 is 0 Å². The Bertz CT molecular complexity index is 1390. The van der Waals surface area contributed by atoms with Gasteiger partial charge in [0.2, 0.25) is 0 Å². The number of rotatable bonds is 6. The van der Waals surface area contributed by atoms with Crippen molar-refractivity contribution in [2.45, 2.75) is 20.4 Å². The number of nitrogens with zero attached hydrogens (tertiary/aromatic N) is 4. The molecule has 0 aliphatic heterocycles. The van der Waals surface area contributed by atoms with E-state index in [1.165, 1.54) is 12.1 Å². The number of amides is 1. The Balaban J connectivity index is 1.64. The Kier molecular flexibility index (Phi) is 6.05. The number of aromatic amines is 1. The fourth-order valence-corrected chi connectivity index (χ4v) is 3.76. The summed E-state index contributed by atoms with van der Waals surface area (Å²) in [6.07, 6.45) is 3.46. The number of carbonyl (C=O) groups excluding carboxylic acids is 1. The number of benzene rings is 2. The van der Waals surface area contributed by atoms with Gasteiger partial charge in [0.05, 0.1) is 30.0 Å². The lowest BCUT2D eigenvalue weighted by Crippen LogP contribution is -2.26. The van der Waals surface area contributed by atoms with Crippen LogP contribution in [0.15, 0.2) is 48.8 Å². The maximum atomic E-state index is 14.0. The summed E-state index contributed by atoms with van der Waals surface area (Å²) in [4.78, 5) is 19.2. The molecule has 2 heterocycles. The van der Waals surface area contributed by atoms with Gasteiger partial charge in [-0.1, -0.05) is 0 Å². The summed E-state index contributed by atoms with van der Waals surface area (Å²) in [7, 11) is 1.71. The molecule has 4 rings (SSSR count). The molecule has 0 radical (unpaired) electrons. The van der Waals surface area contributed by atoms with Crippen LogP contribution in [0.4, 0.5) is 4.39 Å². The van der Waals surface area contributed by atoms with E-state index in [0.29, 0.717) is 35.6 Å². The third-order valence-corrected chi connectivity index (χ3v) is 5.38. The summed E-state index contributed by atoms with van der Waals surface area (Å²) in [5, 5.41) is 17.2. The maximum Gasteiger partial charge on any atom is 0.254 e. The summed E-state index contributed by atoms with van der Waals surface area (Å²) in [5.74, 6) is -0.268. The van der Waals surface area contributed by atoms with Crippen molar-refractivity contribution in [3.05, 3.63) is 77.0 Å². The molecule has 1 N–H and O–H groups in total. The number of H-pyrrole nitrogens is 1. The minimum absolute atomic E-state index is 0.201. The largest absolute Gasteiger partial charge is 0.493 e. The van der Waals surface area contributed by atoms with Crippen molar-refractivity contribution in [3.63, 3.8) is 0 Å². The van der Waals surface area contributed by atoms with Crippen molar-refractivity contribution in [2.24, 2.45) is 0 Å². The standard InChI is InChI=1S/C25H22FN5O2/c1-4-33-23-10-17(5-6-21(23)18-7-16(11-27)8-20(26)9-18)25(32)31(3)14-19-12-28-15(2)22-13-29-30-24(19)22/h5-10,12-13H,4,14H2,1-3H3,(H,29,30). The Labute approximate surface area is 190 Å². The van der Waals surface area contributed by atoms with Gasteiger partial charge in [-0.15, -0.1) is 0 Å². The number of nitrogens with one attached hydrogen (secondary N) is 1. The third-order valence-electron chi connectivity index (χ3n) is 5.38. The van der Waals surface area contributed by atoms with Crippen molar-refractivity contribution in [1.82, 2.24) is 20.1 Å². The molecule has 8 heteroatoms. The van der Waals surface area contributed by atoms with Gasteiger partial charge < -0.3 is 9.64 Å². The zero-order valence-corrected chi connectivity index (χ0v) is 18.5. The summed E-state index contributed by atoms with van der Waals surface area (Å²) < 4.78 is 19.7. The summed E-state index contributed by atoms with van der Waals surface area (Å²) in [6, 6.07) is 11.1. The number of ether oxygens (including phenoxy) is 1. The highest BCUT2D eigenvalue weighted by Gasteiger charge is 2.18. The van der Waals surface area contributed by atoms with Crippen LogP contribution in [0.1, 0.15) is 34.1 Å². The predicted octanol–water partition coefficient (Wildman–Crippen LogP) is 4.62. The third kappa shape index (κ3) is 4.39. The number of aryl methyl sites for hydroxylation is 1. The Morgan fingerprint density at radius 2 is 2.06 bits per heavy atom. The molecule has 4 aromatic rings. The molecule has 2 aromatic carbocycles. The molecule has 0 aliphatic carbocycles. The van der Waals surface area contributed by atoms with E-state index in [0.717, 1.165) is 22.2 Å². The number of hydrogen-bond donors (Lipinski definition) is 1. The van der Waals surface area contributed by atoms with Gasteiger partial charge in [-0.2, -0.15) is 10.4 Å². The van der Waals surface area contributed by atoms with Gasteiger partial charge in [0, 0.05) is 47.6 Å². The molecular formula is C25H22FN5O2. The van der Waals surface area contributed by atoms with E-state index in [1.807, 2.05) is 19.9 Å². The van der Waals surface area contributed by atoms with Crippen molar-refractivity contribution in [2.75, 3.05) is 13.7 Å². The van der Waals surface area contributed by atoms with E-state index in [-0.39, 0.29) is 11.5 Å². The van der Waals surface area contributed by atoms with Crippen LogP contribution in [0.3, 0.4) is 0 Å². The monoisotopic (exact) mass is 443 g/mol. The summed E-state index contributed by atoms with van der Waals surface area (Å²) >= 11 is 0. The SMILES string of the molecule is CCOc1cc(C(=O)N(C)Cc2cnc(C)c3cn[nH]c23)ccc1-c1cc(F)cc(C#N)c1. The Hall–Kier alpha value is -4.25. The van der Waals surface area contributed by atoms with Gasteiger partial charge in [-0.3, -0.25) is 14.9 Å². The molecule has 166 valence electrons.